The van der Waals surface area contributed by atoms with Gasteiger partial charge in [-0.2, -0.15) is 0 Å². The zero-order chi connectivity index (χ0) is 39.3. The van der Waals surface area contributed by atoms with Crippen LogP contribution < -0.4 is 14.8 Å². The lowest BCUT2D eigenvalue weighted by Crippen LogP contribution is -2.38. The number of anilines is 3. The van der Waals surface area contributed by atoms with Gasteiger partial charge in [-0.1, -0.05) is 134 Å². The molecule has 0 saturated carbocycles. The van der Waals surface area contributed by atoms with Crippen molar-refractivity contribution in [3.63, 3.8) is 0 Å². The van der Waals surface area contributed by atoms with Gasteiger partial charge in [-0.05, 0) is 119 Å². The van der Waals surface area contributed by atoms with E-state index in [2.05, 4.69) is 200 Å². The number of furan rings is 1. The van der Waals surface area contributed by atoms with Gasteiger partial charge in [-0.15, -0.1) is 11.3 Å². The monoisotopic (exact) mass is 778 g/mol. The Bertz CT molecular complexity index is 3150. The molecule has 2 aromatic heterocycles. The van der Waals surface area contributed by atoms with Crippen molar-refractivity contribution in [1.82, 2.24) is 0 Å². The Kier molecular flexibility index (Phi) is 8.93. The minimum atomic E-state index is 0.108. The third-order valence-corrected chi connectivity index (χ3v) is 13.4. The molecule has 1 aliphatic carbocycles. The number of rotatable bonds is 8. The van der Waals surface area contributed by atoms with Crippen molar-refractivity contribution in [2.75, 3.05) is 4.90 Å². The van der Waals surface area contributed by atoms with Crippen LogP contribution in [0.2, 0.25) is 0 Å². The Morgan fingerprint density at radius 2 is 1.27 bits per heavy atom. The Morgan fingerprint density at radius 3 is 1.98 bits per heavy atom. The lowest BCUT2D eigenvalue weighted by molar-refractivity contribution is 0.524. The van der Waals surface area contributed by atoms with Crippen LogP contribution in [0.15, 0.2) is 203 Å². The fourth-order valence-corrected chi connectivity index (χ4v) is 10.7. The highest BCUT2D eigenvalue weighted by molar-refractivity contribution is 7.17. The second-order valence-electron chi connectivity index (χ2n) is 15.6. The minimum absolute atomic E-state index is 0.108. The first-order valence-corrected chi connectivity index (χ1v) is 21.5. The van der Waals surface area contributed by atoms with E-state index in [0.29, 0.717) is 5.92 Å². The molecule has 9 aromatic rings. The smallest absolute Gasteiger partial charge is 0.136 e. The zero-order valence-electron chi connectivity index (χ0n) is 32.9. The number of fused-ring (bicyclic) bond motifs is 6. The number of thiophene rings is 1. The van der Waals surface area contributed by atoms with Crippen molar-refractivity contribution in [3.8, 4) is 11.1 Å². The van der Waals surface area contributed by atoms with Gasteiger partial charge in [0.2, 0.25) is 0 Å². The number of benzene rings is 7. The average Bonchev–Trinajstić information content (AvgIpc) is 3.88. The molecule has 0 N–H and O–H groups in total. The van der Waals surface area contributed by atoms with E-state index in [9.17, 15) is 0 Å². The third kappa shape index (κ3) is 6.23. The van der Waals surface area contributed by atoms with Crippen molar-refractivity contribution in [3.05, 3.63) is 215 Å². The first-order chi connectivity index (χ1) is 29.2. The summed E-state index contributed by atoms with van der Waals surface area (Å²) in [5.74, 6) is 0.317. The SMILES string of the molecule is CCC1C(c2ccccc2)=c2sc3ccccc3c2=NC1C1=CC=C(c2cccc3oc4cc(-c5ccc(N(c6ccccc6)c6ccccc6)cc5)ccc4c23)CC1. The summed E-state index contributed by atoms with van der Waals surface area (Å²) in [7, 11) is 0. The van der Waals surface area contributed by atoms with Gasteiger partial charge < -0.3 is 9.32 Å². The molecular weight excluding hydrogens is 737 g/mol. The van der Waals surface area contributed by atoms with E-state index < -0.39 is 0 Å². The molecule has 1 aliphatic heterocycles. The van der Waals surface area contributed by atoms with Crippen molar-refractivity contribution < 1.29 is 4.42 Å². The van der Waals surface area contributed by atoms with Gasteiger partial charge in [-0.25, -0.2) is 0 Å². The van der Waals surface area contributed by atoms with Crippen LogP contribution in [0.5, 0.6) is 0 Å². The summed E-state index contributed by atoms with van der Waals surface area (Å²) in [6.07, 6.45) is 7.73. The molecule has 0 saturated heterocycles. The van der Waals surface area contributed by atoms with Crippen LogP contribution in [-0.4, -0.2) is 6.04 Å². The highest BCUT2D eigenvalue weighted by Crippen LogP contribution is 2.42. The van der Waals surface area contributed by atoms with E-state index in [-0.39, 0.29) is 6.04 Å². The Morgan fingerprint density at radius 1 is 0.593 bits per heavy atom. The van der Waals surface area contributed by atoms with Crippen LogP contribution in [0, 0.1) is 5.92 Å². The van der Waals surface area contributed by atoms with Gasteiger partial charge in [0.25, 0.3) is 0 Å². The molecule has 0 fully saturated rings. The molecule has 11 rings (SSSR count). The lowest BCUT2D eigenvalue weighted by Gasteiger charge is -2.31. The van der Waals surface area contributed by atoms with Gasteiger partial charge in [0.05, 0.1) is 15.9 Å². The van der Waals surface area contributed by atoms with Crippen molar-refractivity contribution in [2.24, 2.45) is 10.9 Å². The largest absolute Gasteiger partial charge is 0.456 e. The zero-order valence-corrected chi connectivity index (χ0v) is 33.7. The summed E-state index contributed by atoms with van der Waals surface area (Å²) < 4.78 is 9.26. The fourth-order valence-electron chi connectivity index (χ4n) is 9.43. The van der Waals surface area contributed by atoms with Gasteiger partial charge in [0, 0.05) is 43.8 Å². The summed E-state index contributed by atoms with van der Waals surface area (Å²) in [6, 6.07) is 63.0. The summed E-state index contributed by atoms with van der Waals surface area (Å²) in [4.78, 5) is 7.91. The molecule has 3 nitrogen and oxygen atoms in total. The van der Waals surface area contributed by atoms with Gasteiger partial charge >= 0.3 is 0 Å². The molecule has 2 atom stereocenters. The average molecular weight is 779 g/mol. The van der Waals surface area contributed by atoms with Gasteiger partial charge in [0.1, 0.15) is 11.2 Å². The lowest BCUT2D eigenvalue weighted by atomic mass is 9.77. The van der Waals surface area contributed by atoms with E-state index in [4.69, 9.17) is 9.41 Å². The van der Waals surface area contributed by atoms with E-state index in [1.54, 1.807) is 0 Å². The van der Waals surface area contributed by atoms with Crippen molar-refractivity contribution >= 4 is 71.6 Å². The number of hydrogen-bond donors (Lipinski definition) is 0. The van der Waals surface area contributed by atoms with E-state index >= 15 is 0 Å². The topological polar surface area (TPSA) is 28.7 Å². The summed E-state index contributed by atoms with van der Waals surface area (Å²) in [6.45, 7) is 2.33. The molecule has 0 bridgehead atoms. The van der Waals surface area contributed by atoms with Crippen LogP contribution in [0.1, 0.15) is 37.3 Å². The van der Waals surface area contributed by atoms with Gasteiger partial charge in [-0.3, -0.25) is 4.99 Å². The van der Waals surface area contributed by atoms with Crippen molar-refractivity contribution in [2.45, 2.75) is 32.2 Å². The second-order valence-corrected chi connectivity index (χ2v) is 16.7. The molecule has 2 aliphatic rings. The standard InChI is InChI=1S/C55H42N2OS/c1-2-44-51(38-15-6-3-7-16-38)55-54(47-21-12-13-24-50(47)59-55)56-53(44)39-27-25-37(26-28-39)45-22-14-23-48-52(45)46-34-31-40(35-49(46)58-48)36-29-32-43(33-30-36)57(41-17-8-4-9-18-41)42-19-10-5-11-20-42/h3-25,27,29-35,44,53H,2,26,28H2,1H3. The fraction of sp³-hybridized carbons (Fsp3) is 0.109. The predicted octanol–water partition coefficient (Wildman–Crippen LogP) is 14.0. The highest BCUT2D eigenvalue weighted by atomic mass is 32.1. The van der Waals surface area contributed by atoms with Gasteiger partial charge in [0.15, 0.2) is 0 Å². The quantitative estimate of drug-likeness (QED) is 0.154. The molecule has 0 amide bonds. The maximum Gasteiger partial charge on any atom is 0.136 e. The normalized spacial score (nSPS) is 16.5. The Hall–Kier alpha value is -6.75. The molecule has 0 radical (unpaired) electrons. The number of nitrogens with zero attached hydrogens (tertiary/aromatic N) is 2. The predicted molar refractivity (Wildman–Crippen MR) is 248 cm³/mol. The van der Waals surface area contributed by atoms with Crippen LogP contribution >= 0.6 is 11.3 Å². The summed E-state index contributed by atoms with van der Waals surface area (Å²) in [5.41, 5.74) is 14.3. The number of allylic oxidation sites excluding steroid dienone is 3. The summed E-state index contributed by atoms with van der Waals surface area (Å²) >= 11 is 1.90. The molecule has 59 heavy (non-hydrogen) atoms. The van der Waals surface area contributed by atoms with Crippen LogP contribution in [0.4, 0.5) is 17.1 Å². The molecule has 7 aromatic carbocycles. The second kappa shape index (κ2) is 14.9. The molecule has 4 heteroatoms. The molecule has 284 valence electrons. The van der Waals surface area contributed by atoms with E-state index in [1.807, 2.05) is 11.3 Å². The maximum absolute atomic E-state index is 6.62. The maximum atomic E-state index is 6.62. The van der Waals surface area contributed by atoms with E-state index in [0.717, 1.165) is 64.0 Å². The van der Waals surface area contributed by atoms with Crippen LogP contribution in [0.3, 0.4) is 0 Å². The first kappa shape index (κ1) is 35.4. The third-order valence-electron chi connectivity index (χ3n) is 12.3. The molecular formula is C55H42N2OS. The molecule has 3 heterocycles. The van der Waals surface area contributed by atoms with E-state index in [1.165, 1.54) is 53.2 Å². The number of hydrogen-bond acceptors (Lipinski definition) is 4. The number of para-hydroxylation sites is 2. The van der Waals surface area contributed by atoms with Crippen LogP contribution in [-0.2, 0) is 0 Å². The summed E-state index contributed by atoms with van der Waals surface area (Å²) in [5, 5.41) is 4.78. The first-order valence-electron chi connectivity index (χ1n) is 20.7. The minimum Gasteiger partial charge on any atom is -0.456 e. The van der Waals surface area contributed by atoms with Crippen LogP contribution in [0.25, 0.3) is 54.3 Å². The molecule has 2 unspecified atom stereocenters. The highest BCUT2D eigenvalue weighted by Gasteiger charge is 2.32. The molecule has 0 spiro atoms. The Balaban J connectivity index is 0.930. The van der Waals surface area contributed by atoms with Crippen molar-refractivity contribution in [1.29, 1.82) is 0 Å². The Labute approximate surface area is 348 Å².